The van der Waals surface area contributed by atoms with Crippen molar-refractivity contribution >= 4 is 38.5 Å². The molecule has 0 aliphatic carbocycles. The first-order valence-electron chi connectivity index (χ1n) is 2.87. The summed E-state index contributed by atoms with van der Waals surface area (Å²) in [5, 5.41) is 8.71. The summed E-state index contributed by atoms with van der Waals surface area (Å²) in [5.41, 5.74) is 1.56. The van der Waals surface area contributed by atoms with E-state index in [1.807, 2.05) is 12.1 Å². The molecule has 0 aliphatic heterocycles. The largest absolute Gasteiger partial charge is 0.192 e. The Morgan fingerprint density at radius 3 is 2.64 bits per heavy atom. The van der Waals surface area contributed by atoms with Crippen LogP contribution in [0, 0.1) is 21.8 Å². The molecule has 0 saturated heterocycles. The Kier molecular flexibility index (Phi) is 2.90. The molecule has 3 heteroatoms. The molecule has 11 heavy (non-hydrogen) atoms. The van der Waals surface area contributed by atoms with Gasteiger partial charge in [0.2, 0.25) is 0 Å². The van der Waals surface area contributed by atoms with Gasteiger partial charge in [-0.2, -0.15) is 5.26 Å². The van der Waals surface area contributed by atoms with Gasteiger partial charge in [0.1, 0.15) is 6.07 Å². The lowest BCUT2D eigenvalue weighted by Crippen LogP contribution is -1.87. The summed E-state index contributed by atoms with van der Waals surface area (Å²) < 4.78 is 1.75. The predicted molar refractivity (Wildman–Crippen MR) is 56.0 cm³/mol. The topological polar surface area (TPSA) is 23.8 Å². The molecule has 55 valence electrons. The van der Waals surface area contributed by atoms with Gasteiger partial charge in [-0.05, 0) is 57.1 Å². The fraction of sp³-hybridized carbons (Fsp3) is 0. The fourth-order valence-electron chi connectivity index (χ4n) is 0.698. The van der Waals surface area contributed by atoms with E-state index < -0.39 is 0 Å². The van der Waals surface area contributed by atoms with Crippen LogP contribution in [0.3, 0.4) is 0 Å². The molecule has 0 saturated carbocycles. The molecule has 0 unspecified atom stereocenters. The van der Waals surface area contributed by atoms with Crippen molar-refractivity contribution in [3.05, 3.63) is 38.2 Å². The molecular formula is C8H4BrIN. The standard InChI is InChI=1S/C8H4BrIN/c1-5-2-3-7(9)6(4-11)8(5)10/h2-3H,1H2. The zero-order valence-corrected chi connectivity index (χ0v) is 9.31. The van der Waals surface area contributed by atoms with Crippen LogP contribution in [0.25, 0.3) is 0 Å². The Balaban J connectivity index is 3.44. The monoisotopic (exact) mass is 320 g/mol. The Labute approximate surface area is 87.7 Å². The highest BCUT2D eigenvalue weighted by Gasteiger charge is 2.05. The number of nitrogens with zero attached hydrogens (tertiary/aromatic N) is 1. The lowest BCUT2D eigenvalue weighted by molar-refractivity contribution is 1.42. The van der Waals surface area contributed by atoms with Crippen molar-refractivity contribution in [2.24, 2.45) is 0 Å². The van der Waals surface area contributed by atoms with Gasteiger partial charge in [0.15, 0.2) is 0 Å². The molecule has 0 aromatic heterocycles. The van der Waals surface area contributed by atoms with Gasteiger partial charge >= 0.3 is 0 Å². The molecule has 0 heterocycles. The maximum Gasteiger partial charge on any atom is 0.101 e. The first-order chi connectivity index (χ1) is 5.16. The van der Waals surface area contributed by atoms with Gasteiger partial charge in [0.05, 0.1) is 5.56 Å². The Morgan fingerprint density at radius 1 is 1.55 bits per heavy atom. The summed E-state index contributed by atoms with van der Waals surface area (Å²) in [4.78, 5) is 0. The minimum Gasteiger partial charge on any atom is -0.192 e. The molecular weight excluding hydrogens is 317 g/mol. The quantitative estimate of drug-likeness (QED) is 0.674. The van der Waals surface area contributed by atoms with Crippen molar-refractivity contribution in [1.82, 2.24) is 0 Å². The summed E-state index contributed by atoms with van der Waals surface area (Å²) in [6.07, 6.45) is 0. The molecule has 1 aromatic rings. The van der Waals surface area contributed by atoms with Crippen LogP contribution in [0.2, 0.25) is 0 Å². The number of benzene rings is 1. The highest BCUT2D eigenvalue weighted by atomic mass is 127. The second-order valence-corrected chi connectivity index (χ2v) is 3.94. The summed E-state index contributed by atoms with van der Waals surface area (Å²) in [6.45, 7) is 3.79. The number of hydrogen-bond donors (Lipinski definition) is 0. The molecule has 1 nitrogen and oxygen atoms in total. The van der Waals surface area contributed by atoms with Crippen molar-refractivity contribution in [2.45, 2.75) is 0 Å². The number of nitriles is 1. The number of halogens is 2. The Hall–Kier alpha value is -0.0800. The average molecular weight is 321 g/mol. The van der Waals surface area contributed by atoms with Crippen LogP contribution in [0.15, 0.2) is 16.6 Å². The van der Waals surface area contributed by atoms with Gasteiger partial charge in [0, 0.05) is 8.04 Å². The lowest BCUT2D eigenvalue weighted by Gasteiger charge is -2.00. The molecule has 0 amide bonds. The van der Waals surface area contributed by atoms with Crippen LogP contribution in [-0.2, 0) is 0 Å². The Bertz CT molecular complexity index is 328. The van der Waals surface area contributed by atoms with E-state index in [9.17, 15) is 0 Å². The van der Waals surface area contributed by atoms with Crippen LogP contribution in [0.5, 0.6) is 0 Å². The summed E-state index contributed by atoms with van der Waals surface area (Å²) in [6, 6.07) is 5.83. The van der Waals surface area contributed by atoms with E-state index in [2.05, 4.69) is 51.5 Å². The molecule has 0 spiro atoms. The maximum atomic E-state index is 8.71. The van der Waals surface area contributed by atoms with E-state index in [0.717, 1.165) is 13.6 Å². The van der Waals surface area contributed by atoms with Crippen molar-refractivity contribution in [3.8, 4) is 6.07 Å². The Morgan fingerprint density at radius 2 is 2.18 bits per heavy atom. The van der Waals surface area contributed by atoms with Crippen LogP contribution < -0.4 is 0 Å². The van der Waals surface area contributed by atoms with E-state index >= 15 is 0 Å². The third-order valence-electron chi connectivity index (χ3n) is 1.28. The van der Waals surface area contributed by atoms with E-state index in [1.54, 1.807) is 0 Å². The van der Waals surface area contributed by atoms with Gasteiger partial charge in [-0.25, -0.2) is 0 Å². The minimum absolute atomic E-state index is 0.665. The van der Waals surface area contributed by atoms with Gasteiger partial charge in [-0.1, -0.05) is 6.07 Å². The molecule has 0 aliphatic rings. The highest BCUT2D eigenvalue weighted by Crippen LogP contribution is 2.23. The van der Waals surface area contributed by atoms with Gasteiger partial charge in [-0.15, -0.1) is 0 Å². The normalized spacial score (nSPS) is 9.27. The summed E-state index contributed by atoms with van der Waals surface area (Å²) in [5.74, 6) is 0. The number of hydrogen-bond acceptors (Lipinski definition) is 1. The fourth-order valence-corrected chi connectivity index (χ4v) is 2.08. The maximum absolute atomic E-state index is 8.71. The second-order valence-electron chi connectivity index (χ2n) is 2.01. The second kappa shape index (κ2) is 3.55. The first kappa shape index (κ1) is 9.01. The van der Waals surface area contributed by atoms with Crippen molar-refractivity contribution in [1.29, 1.82) is 5.26 Å². The van der Waals surface area contributed by atoms with Crippen LogP contribution in [0.1, 0.15) is 11.1 Å². The first-order valence-corrected chi connectivity index (χ1v) is 4.74. The van der Waals surface area contributed by atoms with Crippen molar-refractivity contribution in [2.75, 3.05) is 0 Å². The summed E-state index contributed by atoms with van der Waals surface area (Å²) >= 11 is 5.40. The van der Waals surface area contributed by atoms with Crippen LogP contribution in [-0.4, -0.2) is 0 Å². The average Bonchev–Trinajstić information content (AvgIpc) is 1.99. The molecule has 0 fully saturated rings. The third kappa shape index (κ3) is 1.74. The lowest BCUT2D eigenvalue weighted by atomic mass is 10.2. The van der Waals surface area contributed by atoms with E-state index in [1.165, 1.54) is 0 Å². The van der Waals surface area contributed by atoms with Gasteiger partial charge < -0.3 is 0 Å². The molecule has 0 atom stereocenters. The molecule has 1 rings (SSSR count). The smallest absolute Gasteiger partial charge is 0.101 e. The molecule has 1 aromatic carbocycles. The minimum atomic E-state index is 0.665. The SMILES string of the molecule is [CH2]c1ccc(Br)c(C#N)c1I. The highest BCUT2D eigenvalue weighted by molar-refractivity contribution is 14.1. The molecule has 0 N–H and O–H groups in total. The van der Waals surface area contributed by atoms with E-state index in [-0.39, 0.29) is 0 Å². The van der Waals surface area contributed by atoms with Crippen LogP contribution in [0.4, 0.5) is 0 Å². The van der Waals surface area contributed by atoms with Gasteiger partial charge in [0.25, 0.3) is 0 Å². The van der Waals surface area contributed by atoms with Crippen LogP contribution >= 0.6 is 38.5 Å². The third-order valence-corrected chi connectivity index (χ3v) is 3.18. The van der Waals surface area contributed by atoms with Crippen molar-refractivity contribution in [3.63, 3.8) is 0 Å². The van der Waals surface area contributed by atoms with Crippen molar-refractivity contribution < 1.29 is 0 Å². The number of rotatable bonds is 0. The van der Waals surface area contributed by atoms with E-state index in [4.69, 9.17) is 5.26 Å². The summed E-state index contributed by atoms with van der Waals surface area (Å²) in [7, 11) is 0. The zero-order chi connectivity index (χ0) is 8.43. The predicted octanol–water partition coefficient (Wildman–Crippen LogP) is 3.11. The van der Waals surface area contributed by atoms with E-state index in [0.29, 0.717) is 5.56 Å². The molecule has 0 bridgehead atoms. The molecule has 1 radical (unpaired) electrons. The van der Waals surface area contributed by atoms with Gasteiger partial charge in [-0.3, -0.25) is 0 Å². The zero-order valence-electron chi connectivity index (χ0n) is 5.56.